The molecule has 0 bridgehead atoms. The highest BCUT2D eigenvalue weighted by molar-refractivity contribution is 6.05. The van der Waals surface area contributed by atoms with Gasteiger partial charge in [-0.05, 0) is 59.5 Å². The predicted molar refractivity (Wildman–Crippen MR) is 132 cm³/mol. The zero-order valence-corrected chi connectivity index (χ0v) is 19.8. The summed E-state index contributed by atoms with van der Waals surface area (Å²) in [6.07, 6.45) is 2.10. The van der Waals surface area contributed by atoms with Crippen LogP contribution in [0.1, 0.15) is 21.6 Å². The molecule has 1 N–H and O–H groups in total. The van der Waals surface area contributed by atoms with Gasteiger partial charge in [-0.2, -0.15) is 0 Å². The molecule has 35 heavy (non-hydrogen) atoms. The van der Waals surface area contributed by atoms with Crippen LogP contribution in [0.5, 0.6) is 23.0 Å². The van der Waals surface area contributed by atoms with E-state index in [1.54, 1.807) is 39.7 Å². The van der Waals surface area contributed by atoms with Crippen molar-refractivity contribution >= 4 is 22.4 Å². The van der Waals surface area contributed by atoms with Crippen molar-refractivity contribution < 1.29 is 28.1 Å². The Kier molecular flexibility index (Phi) is 7.01. The van der Waals surface area contributed by atoms with Crippen molar-refractivity contribution in [2.75, 3.05) is 33.8 Å². The number of carbonyl (C=O) groups excluding carboxylic acids is 1. The first-order chi connectivity index (χ1) is 17.0. The summed E-state index contributed by atoms with van der Waals surface area (Å²) in [7, 11) is 6.24. The lowest BCUT2D eigenvalue weighted by molar-refractivity contribution is 0.102. The van der Waals surface area contributed by atoms with Crippen molar-refractivity contribution in [3.8, 4) is 23.0 Å². The Balaban J connectivity index is 1.78. The molecular weight excluding hydrogens is 451 g/mol. The van der Waals surface area contributed by atoms with E-state index in [-0.39, 0.29) is 5.91 Å². The molecule has 0 atom stereocenters. The van der Waals surface area contributed by atoms with Crippen molar-refractivity contribution in [1.82, 2.24) is 4.98 Å². The second-order valence-electron chi connectivity index (χ2n) is 7.69. The molecule has 180 valence electrons. The van der Waals surface area contributed by atoms with E-state index in [2.05, 4.69) is 10.3 Å². The number of methoxy groups -OCH3 is 4. The number of ether oxygens (including phenoxy) is 4. The summed E-state index contributed by atoms with van der Waals surface area (Å²) < 4.78 is 35.1. The average molecular weight is 477 g/mol. The molecule has 0 aliphatic rings. The summed E-state index contributed by atoms with van der Waals surface area (Å²) in [5.41, 5.74) is 2.38. The fourth-order valence-corrected chi connectivity index (χ4v) is 3.86. The van der Waals surface area contributed by atoms with Gasteiger partial charge in [-0.3, -0.25) is 9.78 Å². The minimum absolute atomic E-state index is 0.326. The summed E-state index contributed by atoms with van der Waals surface area (Å²) >= 11 is 0. The summed E-state index contributed by atoms with van der Waals surface area (Å²) in [4.78, 5) is 17.5. The number of fused-ring (bicyclic) bond motifs is 1. The average Bonchev–Trinajstić information content (AvgIpc) is 2.88. The molecule has 1 amide bonds. The van der Waals surface area contributed by atoms with Gasteiger partial charge in [0.05, 0.1) is 34.1 Å². The maximum Gasteiger partial charge on any atom is 0.255 e. The Morgan fingerprint density at radius 2 is 1.43 bits per heavy atom. The van der Waals surface area contributed by atoms with Gasteiger partial charge in [0.15, 0.2) is 23.0 Å². The summed E-state index contributed by atoms with van der Waals surface area (Å²) in [6.45, 7) is 0. The number of rotatable bonds is 8. The number of aromatic nitrogens is 1. The van der Waals surface area contributed by atoms with E-state index in [9.17, 15) is 9.18 Å². The van der Waals surface area contributed by atoms with Gasteiger partial charge >= 0.3 is 0 Å². The Hall–Kier alpha value is -4.33. The number of hydrogen-bond acceptors (Lipinski definition) is 6. The van der Waals surface area contributed by atoms with E-state index >= 15 is 0 Å². The largest absolute Gasteiger partial charge is 0.493 e. The van der Waals surface area contributed by atoms with Crippen LogP contribution in [0, 0.1) is 5.82 Å². The molecule has 0 aliphatic carbocycles. The number of nitrogens with one attached hydrogen (secondary N) is 1. The molecule has 0 fully saturated rings. The van der Waals surface area contributed by atoms with E-state index in [1.807, 2.05) is 18.2 Å². The van der Waals surface area contributed by atoms with Crippen LogP contribution in [0.4, 0.5) is 10.1 Å². The molecular formula is C27H25FN2O5. The molecule has 7 nitrogen and oxygen atoms in total. The first kappa shape index (κ1) is 23.8. The van der Waals surface area contributed by atoms with Gasteiger partial charge in [-0.25, -0.2) is 4.39 Å². The third-order valence-electron chi connectivity index (χ3n) is 5.67. The van der Waals surface area contributed by atoms with Gasteiger partial charge in [0.25, 0.3) is 5.91 Å². The minimum Gasteiger partial charge on any atom is -0.493 e. The lowest BCUT2D eigenvalue weighted by Gasteiger charge is -2.17. The van der Waals surface area contributed by atoms with E-state index < -0.39 is 5.82 Å². The van der Waals surface area contributed by atoms with Crippen LogP contribution in [0.2, 0.25) is 0 Å². The number of halogens is 1. The predicted octanol–water partition coefficient (Wildman–Crippen LogP) is 5.25. The van der Waals surface area contributed by atoms with Crippen LogP contribution < -0.4 is 24.3 Å². The molecule has 0 aliphatic heterocycles. The highest BCUT2D eigenvalue weighted by Gasteiger charge is 2.17. The smallest absolute Gasteiger partial charge is 0.255 e. The molecule has 1 heterocycles. The lowest BCUT2D eigenvalue weighted by atomic mass is 10.0. The summed E-state index contributed by atoms with van der Waals surface area (Å²) in [5.74, 6) is 1.39. The van der Waals surface area contributed by atoms with Gasteiger partial charge in [0.2, 0.25) is 0 Å². The molecule has 8 heteroatoms. The first-order valence-electron chi connectivity index (χ1n) is 10.8. The van der Waals surface area contributed by atoms with Crippen LogP contribution in [-0.2, 0) is 6.42 Å². The molecule has 0 unspecified atom stereocenters. The fraction of sp³-hybridized carbons (Fsp3) is 0.185. The van der Waals surface area contributed by atoms with Crippen molar-refractivity contribution in [3.05, 3.63) is 83.4 Å². The highest BCUT2D eigenvalue weighted by atomic mass is 19.1. The third-order valence-corrected chi connectivity index (χ3v) is 5.67. The SMILES string of the molecule is COc1cc(Cc2nccc3cc(OC)c(OC)cc23)c(NC(=O)c2ccc(F)cc2)cc1OC. The molecule has 1 aromatic heterocycles. The van der Waals surface area contributed by atoms with Crippen LogP contribution in [0.3, 0.4) is 0 Å². The van der Waals surface area contributed by atoms with Crippen LogP contribution in [0.15, 0.2) is 60.8 Å². The topological polar surface area (TPSA) is 78.9 Å². The maximum absolute atomic E-state index is 13.3. The molecule has 0 saturated carbocycles. The van der Waals surface area contributed by atoms with Gasteiger partial charge in [-0.1, -0.05) is 0 Å². The molecule has 0 spiro atoms. The first-order valence-corrected chi connectivity index (χ1v) is 10.8. The minimum atomic E-state index is -0.414. The van der Waals surface area contributed by atoms with Crippen molar-refractivity contribution in [2.45, 2.75) is 6.42 Å². The van der Waals surface area contributed by atoms with Crippen molar-refractivity contribution in [2.24, 2.45) is 0 Å². The van der Waals surface area contributed by atoms with Crippen molar-refractivity contribution in [1.29, 1.82) is 0 Å². The third kappa shape index (κ3) is 4.96. The normalized spacial score (nSPS) is 10.7. The van der Waals surface area contributed by atoms with Gasteiger partial charge in [-0.15, -0.1) is 0 Å². The molecule has 0 radical (unpaired) electrons. The molecule has 4 rings (SSSR count). The molecule has 3 aromatic carbocycles. The van der Waals surface area contributed by atoms with Crippen LogP contribution >= 0.6 is 0 Å². The van der Waals surface area contributed by atoms with E-state index in [0.29, 0.717) is 40.7 Å². The van der Waals surface area contributed by atoms with Crippen molar-refractivity contribution in [3.63, 3.8) is 0 Å². The number of hydrogen-bond donors (Lipinski definition) is 1. The Bertz CT molecular complexity index is 1370. The standard InChI is InChI=1S/C27H25FN2O5/c1-32-23-12-17-9-10-29-22(20(17)14-25(23)34-3)11-18-13-24(33-2)26(35-4)15-21(18)30-27(31)16-5-7-19(28)8-6-16/h5-10,12-15H,11H2,1-4H3,(H,30,31). The quantitative estimate of drug-likeness (QED) is 0.374. The monoisotopic (exact) mass is 476 g/mol. The lowest BCUT2D eigenvalue weighted by Crippen LogP contribution is -2.14. The van der Waals surface area contributed by atoms with E-state index in [1.165, 1.54) is 31.4 Å². The fourth-order valence-electron chi connectivity index (χ4n) is 3.86. The number of nitrogens with zero attached hydrogens (tertiary/aromatic N) is 1. The summed E-state index contributed by atoms with van der Waals surface area (Å²) in [6, 6.07) is 14.5. The van der Waals surface area contributed by atoms with Crippen LogP contribution in [0.25, 0.3) is 10.8 Å². The Labute approximate surface area is 202 Å². The summed E-state index contributed by atoms with van der Waals surface area (Å²) in [5, 5.41) is 4.73. The number of benzene rings is 3. The number of anilines is 1. The zero-order valence-electron chi connectivity index (χ0n) is 19.8. The van der Waals surface area contributed by atoms with E-state index in [4.69, 9.17) is 18.9 Å². The van der Waals surface area contributed by atoms with Gasteiger partial charge in [0, 0.05) is 35.3 Å². The maximum atomic E-state index is 13.3. The van der Waals surface area contributed by atoms with Crippen LogP contribution in [-0.4, -0.2) is 39.3 Å². The molecule has 0 saturated heterocycles. The number of carbonyl (C=O) groups is 1. The molecule has 4 aromatic rings. The second kappa shape index (κ2) is 10.3. The Morgan fingerprint density at radius 1 is 0.829 bits per heavy atom. The zero-order chi connectivity index (χ0) is 24.9. The highest BCUT2D eigenvalue weighted by Crippen LogP contribution is 2.37. The van der Waals surface area contributed by atoms with Gasteiger partial charge in [0.1, 0.15) is 5.82 Å². The van der Waals surface area contributed by atoms with E-state index in [0.717, 1.165) is 22.0 Å². The number of pyridine rings is 1. The second-order valence-corrected chi connectivity index (χ2v) is 7.69. The van der Waals surface area contributed by atoms with Gasteiger partial charge < -0.3 is 24.3 Å². The Morgan fingerprint density at radius 3 is 2.09 bits per heavy atom. The number of amides is 1.